The lowest BCUT2D eigenvalue weighted by molar-refractivity contribution is -0.152. The van der Waals surface area contributed by atoms with Gasteiger partial charge in [-0.3, -0.25) is 19.1 Å². The number of benzene rings is 2. The van der Waals surface area contributed by atoms with E-state index in [-0.39, 0.29) is 10.6 Å². The summed E-state index contributed by atoms with van der Waals surface area (Å²) in [7, 11) is -1.97. The average molecular weight is 486 g/mol. The Morgan fingerprint density at radius 3 is 2.26 bits per heavy atom. The first-order valence-corrected chi connectivity index (χ1v) is 12.3. The lowest BCUT2D eigenvalue weighted by Crippen LogP contribution is -2.32. The quantitative estimate of drug-likeness (QED) is 0.490. The molecule has 2 aromatic carbocycles. The van der Waals surface area contributed by atoms with Gasteiger partial charge < -0.3 is 10.1 Å². The molecule has 34 heavy (non-hydrogen) atoms. The van der Waals surface area contributed by atoms with E-state index >= 15 is 0 Å². The third-order valence-electron chi connectivity index (χ3n) is 5.43. The second kappa shape index (κ2) is 10.1. The van der Waals surface area contributed by atoms with Crippen LogP contribution in [0.5, 0.6) is 0 Å². The Balaban J connectivity index is 1.64. The SMILES string of the molecule is Cc1ccc(S(=O)(=O)CCC(=O)OC(C)C(=O)Nc2c(C)n(C)n(-c3ccccc3)c2=O)cc1. The Labute approximate surface area is 197 Å². The predicted octanol–water partition coefficient (Wildman–Crippen LogP) is 2.53. The molecular weight excluding hydrogens is 458 g/mol. The fourth-order valence-corrected chi connectivity index (χ4v) is 4.55. The Hall–Kier alpha value is -3.66. The Bertz CT molecular complexity index is 1360. The Morgan fingerprint density at radius 2 is 1.65 bits per heavy atom. The highest BCUT2D eigenvalue weighted by molar-refractivity contribution is 7.91. The molecule has 1 N–H and O–H groups in total. The number of ether oxygens (including phenoxy) is 1. The van der Waals surface area contributed by atoms with E-state index in [0.29, 0.717) is 11.4 Å². The second-order valence-electron chi connectivity index (χ2n) is 7.94. The predicted molar refractivity (Wildman–Crippen MR) is 128 cm³/mol. The standard InChI is InChI=1S/C24H27N3O6S/c1-16-10-12-20(13-11-16)34(31,32)15-14-21(28)33-18(3)23(29)25-22-17(2)26(4)27(24(22)30)19-8-6-5-7-9-19/h5-13,18H,14-15H2,1-4H3,(H,25,29). The first-order chi connectivity index (χ1) is 16.0. The van der Waals surface area contributed by atoms with E-state index in [1.54, 1.807) is 55.1 Å². The topological polar surface area (TPSA) is 116 Å². The van der Waals surface area contributed by atoms with Crippen LogP contribution < -0.4 is 10.9 Å². The molecule has 0 aliphatic carbocycles. The zero-order valence-electron chi connectivity index (χ0n) is 19.4. The van der Waals surface area contributed by atoms with E-state index in [1.165, 1.54) is 23.7 Å². The normalized spacial score (nSPS) is 12.2. The maximum absolute atomic E-state index is 12.9. The minimum absolute atomic E-state index is 0.0706. The van der Waals surface area contributed by atoms with Gasteiger partial charge in [-0.15, -0.1) is 0 Å². The monoisotopic (exact) mass is 485 g/mol. The summed E-state index contributed by atoms with van der Waals surface area (Å²) < 4.78 is 32.9. The zero-order chi connectivity index (χ0) is 25.0. The molecule has 9 nitrogen and oxygen atoms in total. The molecule has 0 radical (unpaired) electrons. The molecule has 180 valence electrons. The van der Waals surface area contributed by atoms with Gasteiger partial charge in [-0.05, 0) is 45.0 Å². The van der Waals surface area contributed by atoms with Crippen LogP contribution in [0.2, 0.25) is 0 Å². The van der Waals surface area contributed by atoms with Crippen LogP contribution in [0.3, 0.4) is 0 Å². The van der Waals surface area contributed by atoms with Crippen molar-refractivity contribution in [2.75, 3.05) is 11.1 Å². The molecule has 0 aliphatic rings. The van der Waals surface area contributed by atoms with Crippen LogP contribution in [0, 0.1) is 13.8 Å². The number of aromatic nitrogens is 2. The van der Waals surface area contributed by atoms with Gasteiger partial charge in [0.2, 0.25) is 0 Å². The minimum Gasteiger partial charge on any atom is -0.453 e. The number of para-hydroxylation sites is 1. The molecule has 1 unspecified atom stereocenters. The van der Waals surface area contributed by atoms with E-state index in [4.69, 9.17) is 4.74 Å². The molecule has 1 amide bonds. The molecule has 0 saturated carbocycles. The summed E-state index contributed by atoms with van der Waals surface area (Å²) in [6, 6.07) is 15.3. The number of hydrogen-bond donors (Lipinski definition) is 1. The van der Waals surface area contributed by atoms with E-state index in [2.05, 4.69) is 5.32 Å². The number of anilines is 1. The Morgan fingerprint density at radius 1 is 1.03 bits per heavy atom. The molecule has 0 saturated heterocycles. The van der Waals surface area contributed by atoms with Crippen molar-refractivity contribution in [3.63, 3.8) is 0 Å². The number of nitrogens with zero attached hydrogens (tertiary/aromatic N) is 2. The number of aryl methyl sites for hydroxylation is 1. The van der Waals surface area contributed by atoms with E-state index < -0.39 is 45.6 Å². The van der Waals surface area contributed by atoms with Crippen molar-refractivity contribution in [2.45, 2.75) is 38.2 Å². The van der Waals surface area contributed by atoms with E-state index in [1.807, 2.05) is 13.0 Å². The maximum Gasteiger partial charge on any atom is 0.307 e. The average Bonchev–Trinajstić information content (AvgIpc) is 3.01. The van der Waals surface area contributed by atoms with Crippen LogP contribution in [0.4, 0.5) is 5.69 Å². The van der Waals surface area contributed by atoms with Crippen LogP contribution in [0.15, 0.2) is 64.3 Å². The Kier molecular flexibility index (Phi) is 7.41. The zero-order valence-corrected chi connectivity index (χ0v) is 20.3. The van der Waals surface area contributed by atoms with Crippen LogP contribution in [0.1, 0.15) is 24.6 Å². The first kappa shape index (κ1) is 25.0. The number of rotatable bonds is 8. The lowest BCUT2D eigenvalue weighted by Gasteiger charge is -2.13. The van der Waals surface area contributed by atoms with Crippen molar-refractivity contribution in [1.29, 1.82) is 0 Å². The molecule has 0 spiro atoms. The maximum atomic E-state index is 12.9. The van der Waals surface area contributed by atoms with Crippen LogP contribution in [0.25, 0.3) is 5.69 Å². The van der Waals surface area contributed by atoms with E-state index in [0.717, 1.165) is 5.56 Å². The summed E-state index contributed by atoms with van der Waals surface area (Å²) in [5.74, 6) is -1.96. The number of sulfone groups is 1. The second-order valence-corrected chi connectivity index (χ2v) is 10.0. The minimum atomic E-state index is -3.66. The van der Waals surface area contributed by atoms with Crippen molar-refractivity contribution < 1.29 is 22.7 Å². The molecule has 3 rings (SSSR count). The summed E-state index contributed by atoms with van der Waals surface area (Å²) in [6.45, 7) is 4.88. The summed E-state index contributed by atoms with van der Waals surface area (Å²) >= 11 is 0. The largest absolute Gasteiger partial charge is 0.453 e. The third kappa shape index (κ3) is 5.45. The molecule has 3 aromatic rings. The first-order valence-electron chi connectivity index (χ1n) is 10.6. The van der Waals surface area contributed by atoms with Crippen LogP contribution >= 0.6 is 0 Å². The highest BCUT2D eigenvalue weighted by Gasteiger charge is 2.24. The number of nitrogens with one attached hydrogen (secondary N) is 1. The molecule has 0 aliphatic heterocycles. The highest BCUT2D eigenvalue weighted by Crippen LogP contribution is 2.16. The number of amides is 1. The summed E-state index contributed by atoms with van der Waals surface area (Å²) in [6.07, 6.45) is -1.63. The van der Waals surface area contributed by atoms with Gasteiger partial charge in [-0.2, -0.15) is 0 Å². The number of carbonyl (C=O) groups is 2. The smallest absolute Gasteiger partial charge is 0.307 e. The van der Waals surface area contributed by atoms with Crippen molar-refractivity contribution in [2.24, 2.45) is 7.05 Å². The van der Waals surface area contributed by atoms with Crippen molar-refractivity contribution in [3.05, 3.63) is 76.2 Å². The summed E-state index contributed by atoms with van der Waals surface area (Å²) in [5, 5.41) is 2.53. The molecule has 1 heterocycles. The van der Waals surface area contributed by atoms with Crippen molar-refractivity contribution >= 4 is 27.4 Å². The van der Waals surface area contributed by atoms with Gasteiger partial charge in [0.15, 0.2) is 15.9 Å². The summed E-state index contributed by atoms with van der Waals surface area (Å²) in [4.78, 5) is 37.8. The molecular formula is C24H27N3O6S. The molecule has 10 heteroatoms. The van der Waals surface area contributed by atoms with Gasteiger partial charge in [-0.25, -0.2) is 13.1 Å². The lowest BCUT2D eigenvalue weighted by atomic mass is 10.2. The van der Waals surface area contributed by atoms with Gasteiger partial charge in [0, 0.05) is 7.05 Å². The molecule has 0 bridgehead atoms. The van der Waals surface area contributed by atoms with Gasteiger partial charge in [0.05, 0.1) is 28.5 Å². The van der Waals surface area contributed by atoms with Crippen LogP contribution in [-0.4, -0.2) is 41.5 Å². The van der Waals surface area contributed by atoms with Gasteiger partial charge in [-0.1, -0.05) is 35.9 Å². The van der Waals surface area contributed by atoms with Gasteiger partial charge in [0.1, 0.15) is 5.69 Å². The summed E-state index contributed by atoms with van der Waals surface area (Å²) in [5.41, 5.74) is 1.71. The number of hydrogen-bond acceptors (Lipinski definition) is 6. The van der Waals surface area contributed by atoms with E-state index in [9.17, 15) is 22.8 Å². The highest BCUT2D eigenvalue weighted by atomic mass is 32.2. The molecule has 1 atom stereocenters. The number of carbonyl (C=O) groups excluding carboxylic acids is 2. The molecule has 1 aromatic heterocycles. The van der Waals surface area contributed by atoms with Gasteiger partial charge >= 0.3 is 5.97 Å². The number of esters is 1. The van der Waals surface area contributed by atoms with Crippen molar-refractivity contribution in [1.82, 2.24) is 9.36 Å². The van der Waals surface area contributed by atoms with Crippen LogP contribution in [-0.2, 0) is 31.2 Å². The third-order valence-corrected chi connectivity index (χ3v) is 7.17. The van der Waals surface area contributed by atoms with Crippen molar-refractivity contribution in [3.8, 4) is 5.69 Å². The molecule has 0 fully saturated rings. The van der Waals surface area contributed by atoms with Gasteiger partial charge in [0.25, 0.3) is 11.5 Å². The fraction of sp³-hybridized carbons (Fsp3) is 0.292. The fourth-order valence-electron chi connectivity index (χ4n) is 3.33.